The molecule has 2 rings (SSSR count). The molecule has 0 heterocycles. The molecule has 2 saturated carbocycles. The lowest BCUT2D eigenvalue weighted by Crippen LogP contribution is -2.50. The van der Waals surface area contributed by atoms with Gasteiger partial charge in [-0.1, -0.05) is 19.3 Å². The van der Waals surface area contributed by atoms with Gasteiger partial charge in [-0.15, -0.1) is 0 Å². The van der Waals surface area contributed by atoms with E-state index in [1.165, 1.54) is 12.8 Å². The monoisotopic (exact) mass is 196 g/mol. The number of carbonyl (C=O) groups is 1. The van der Waals surface area contributed by atoms with Gasteiger partial charge in [-0.2, -0.15) is 0 Å². The number of rotatable bonds is 5. The van der Waals surface area contributed by atoms with Gasteiger partial charge in [-0.3, -0.25) is 4.79 Å². The van der Waals surface area contributed by atoms with Crippen molar-refractivity contribution in [2.24, 2.45) is 17.1 Å². The van der Waals surface area contributed by atoms with E-state index in [2.05, 4.69) is 5.32 Å². The molecule has 0 aromatic rings. The van der Waals surface area contributed by atoms with Crippen LogP contribution in [-0.4, -0.2) is 19.0 Å². The van der Waals surface area contributed by atoms with E-state index in [-0.39, 0.29) is 11.3 Å². The average molecular weight is 196 g/mol. The highest BCUT2D eigenvalue weighted by molar-refractivity contribution is 5.83. The van der Waals surface area contributed by atoms with Gasteiger partial charge < -0.3 is 11.1 Å². The summed E-state index contributed by atoms with van der Waals surface area (Å²) >= 11 is 0. The van der Waals surface area contributed by atoms with Gasteiger partial charge in [-0.05, 0) is 25.2 Å². The van der Waals surface area contributed by atoms with Crippen molar-refractivity contribution >= 4 is 5.91 Å². The highest BCUT2D eigenvalue weighted by atomic mass is 16.2. The summed E-state index contributed by atoms with van der Waals surface area (Å²) in [5.74, 6) is 1.09. The second-order valence-electron chi connectivity index (χ2n) is 4.83. The predicted molar refractivity (Wildman–Crippen MR) is 55.7 cm³/mol. The van der Waals surface area contributed by atoms with E-state index in [0.29, 0.717) is 6.54 Å². The van der Waals surface area contributed by atoms with E-state index >= 15 is 0 Å². The van der Waals surface area contributed by atoms with E-state index < -0.39 is 0 Å². The Kier molecular flexibility index (Phi) is 2.77. The van der Waals surface area contributed by atoms with Gasteiger partial charge in [0.1, 0.15) is 0 Å². The van der Waals surface area contributed by atoms with Crippen LogP contribution in [0.4, 0.5) is 0 Å². The third kappa shape index (κ3) is 1.92. The molecule has 0 spiro atoms. The SMILES string of the molecule is NCC1(C(=O)NCCC2CC2)CCC1. The molecule has 3 nitrogen and oxygen atoms in total. The van der Waals surface area contributed by atoms with Crippen LogP contribution in [0.1, 0.15) is 38.5 Å². The predicted octanol–water partition coefficient (Wildman–Crippen LogP) is 1.03. The minimum absolute atomic E-state index is 0.191. The van der Waals surface area contributed by atoms with Gasteiger partial charge in [-0.25, -0.2) is 0 Å². The third-order valence-corrected chi connectivity index (χ3v) is 3.72. The average Bonchev–Trinajstić information content (AvgIpc) is 2.87. The lowest BCUT2D eigenvalue weighted by atomic mass is 9.68. The minimum atomic E-state index is -0.191. The Morgan fingerprint density at radius 3 is 2.57 bits per heavy atom. The molecule has 14 heavy (non-hydrogen) atoms. The van der Waals surface area contributed by atoms with E-state index in [0.717, 1.165) is 38.1 Å². The molecule has 0 bridgehead atoms. The molecule has 2 aliphatic carbocycles. The molecule has 2 aliphatic rings. The fourth-order valence-corrected chi connectivity index (χ4v) is 2.11. The molecule has 3 N–H and O–H groups in total. The van der Waals surface area contributed by atoms with Crippen LogP contribution in [0.3, 0.4) is 0 Å². The van der Waals surface area contributed by atoms with Crippen molar-refractivity contribution in [3.05, 3.63) is 0 Å². The van der Waals surface area contributed by atoms with Gasteiger partial charge in [0.25, 0.3) is 0 Å². The summed E-state index contributed by atoms with van der Waals surface area (Å²) in [6.45, 7) is 1.37. The van der Waals surface area contributed by atoms with Crippen LogP contribution in [0.2, 0.25) is 0 Å². The number of nitrogens with one attached hydrogen (secondary N) is 1. The smallest absolute Gasteiger partial charge is 0.227 e. The highest BCUT2D eigenvalue weighted by Gasteiger charge is 2.42. The fraction of sp³-hybridized carbons (Fsp3) is 0.909. The lowest BCUT2D eigenvalue weighted by molar-refractivity contribution is -0.135. The third-order valence-electron chi connectivity index (χ3n) is 3.72. The largest absolute Gasteiger partial charge is 0.356 e. The minimum Gasteiger partial charge on any atom is -0.356 e. The highest BCUT2D eigenvalue weighted by Crippen LogP contribution is 2.40. The zero-order valence-electron chi connectivity index (χ0n) is 8.72. The molecule has 0 atom stereocenters. The first kappa shape index (κ1) is 9.97. The molecule has 0 aromatic heterocycles. The summed E-state index contributed by atoms with van der Waals surface area (Å²) in [5.41, 5.74) is 5.46. The van der Waals surface area contributed by atoms with Crippen molar-refractivity contribution in [1.29, 1.82) is 0 Å². The molecule has 3 heteroatoms. The van der Waals surface area contributed by atoms with Crippen molar-refractivity contribution < 1.29 is 4.79 Å². The van der Waals surface area contributed by atoms with Crippen molar-refractivity contribution in [2.75, 3.05) is 13.1 Å². The van der Waals surface area contributed by atoms with Crippen LogP contribution in [0.15, 0.2) is 0 Å². The molecule has 0 unspecified atom stereocenters. The van der Waals surface area contributed by atoms with Gasteiger partial charge >= 0.3 is 0 Å². The maximum absolute atomic E-state index is 11.8. The summed E-state index contributed by atoms with van der Waals surface area (Å²) in [6, 6.07) is 0. The van der Waals surface area contributed by atoms with E-state index in [4.69, 9.17) is 5.73 Å². The zero-order valence-corrected chi connectivity index (χ0v) is 8.72. The second kappa shape index (κ2) is 3.89. The molecule has 0 aliphatic heterocycles. The van der Waals surface area contributed by atoms with Gasteiger partial charge in [0.2, 0.25) is 5.91 Å². The Labute approximate surface area is 85.4 Å². The second-order valence-corrected chi connectivity index (χ2v) is 4.83. The summed E-state index contributed by atoms with van der Waals surface area (Å²) in [7, 11) is 0. The molecule has 80 valence electrons. The molecule has 0 saturated heterocycles. The Balaban J connectivity index is 1.70. The summed E-state index contributed by atoms with van der Waals surface area (Å²) in [6.07, 6.45) is 7.01. The number of carbonyl (C=O) groups excluding carboxylic acids is 1. The van der Waals surface area contributed by atoms with Crippen LogP contribution in [0.5, 0.6) is 0 Å². The molecular formula is C11H20N2O. The molecule has 0 aromatic carbocycles. The fourth-order valence-electron chi connectivity index (χ4n) is 2.11. The van der Waals surface area contributed by atoms with Gasteiger partial charge in [0, 0.05) is 13.1 Å². The van der Waals surface area contributed by atoms with Crippen LogP contribution >= 0.6 is 0 Å². The van der Waals surface area contributed by atoms with Crippen LogP contribution < -0.4 is 11.1 Å². The Hall–Kier alpha value is -0.570. The van der Waals surface area contributed by atoms with Crippen LogP contribution in [0, 0.1) is 11.3 Å². The van der Waals surface area contributed by atoms with Crippen molar-refractivity contribution in [3.8, 4) is 0 Å². The van der Waals surface area contributed by atoms with E-state index in [9.17, 15) is 4.79 Å². The van der Waals surface area contributed by atoms with Crippen molar-refractivity contribution in [2.45, 2.75) is 38.5 Å². The maximum Gasteiger partial charge on any atom is 0.227 e. The number of nitrogens with two attached hydrogens (primary N) is 1. The van der Waals surface area contributed by atoms with Crippen molar-refractivity contribution in [1.82, 2.24) is 5.32 Å². The first-order chi connectivity index (χ1) is 6.77. The van der Waals surface area contributed by atoms with Crippen molar-refractivity contribution in [3.63, 3.8) is 0 Å². The van der Waals surface area contributed by atoms with Crippen LogP contribution in [0.25, 0.3) is 0 Å². The summed E-state index contributed by atoms with van der Waals surface area (Å²) < 4.78 is 0. The first-order valence-corrected chi connectivity index (χ1v) is 5.75. The number of hydrogen-bond acceptors (Lipinski definition) is 2. The topological polar surface area (TPSA) is 55.1 Å². The maximum atomic E-state index is 11.8. The summed E-state index contributed by atoms with van der Waals surface area (Å²) in [4.78, 5) is 11.8. The standard InChI is InChI=1S/C11H20N2O/c12-8-11(5-1-6-11)10(14)13-7-4-9-2-3-9/h9H,1-8,12H2,(H,13,14). The molecule has 1 amide bonds. The number of amides is 1. The summed E-state index contributed by atoms with van der Waals surface area (Å²) in [5, 5.41) is 3.03. The van der Waals surface area contributed by atoms with Crippen LogP contribution in [-0.2, 0) is 4.79 Å². The Bertz CT molecular complexity index is 214. The first-order valence-electron chi connectivity index (χ1n) is 5.75. The normalized spacial score (nSPS) is 24.1. The van der Waals surface area contributed by atoms with E-state index in [1.54, 1.807) is 0 Å². The molecule has 0 radical (unpaired) electrons. The van der Waals surface area contributed by atoms with E-state index in [1.807, 2.05) is 0 Å². The quantitative estimate of drug-likeness (QED) is 0.690. The molecule has 2 fully saturated rings. The Morgan fingerprint density at radius 2 is 2.14 bits per heavy atom. The lowest BCUT2D eigenvalue weighted by Gasteiger charge is -2.39. The van der Waals surface area contributed by atoms with Gasteiger partial charge in [0.15, 0.2) is 0 Å². The van der Waals surface area contributed by atoms with Gasteiger partial charge in [0.05, 0.1) is 5.41 Å². The number of hydrogen-bond donors (Lipinski definition) is 2. The zero-order chi connectivity index (χ0) is 10.0. The molecular weight excluding hydrogens is 176 g/mol. The Morgan fingerprint density at radius 1 is 1.43 bits per heavy atom.